The van der Waals surface area contributed by atoms with Gasteiger partial charge in [0.05, 0.1) is 0 Å². The van der Waals surface area contributed by atoms with Crippen LogP contribution in [-0.2, 0) is 0 Å². The lowest BCUT2D eigenvalue weighted by Gasteiger charge is -2.15. The lowest BCUT2D eigenvalue weighted by Crippen LogP contribution is -2.30. The van der Waals surface area contributed by atoms with Crippen LogP contribution in [0.4, 0.5) is 0 Å². The zero-order valence-electron chi connectivity index (χ0n) is 6.70. The minimum absolute atomic E-state index is 0.0115. The fourth-order valence-corrected chi connectivity index (χ4v) is 0.979. The Labute approximate surface area is 67.2 Å². The molecule has 0 saturated carbocycles. The van der Waals surface area contributed by atoms with Crippen LogP contribution in [0.3, 0.4) is 0 Å². The Kier molecular flexibility index (Phi) is 2.63. The average molecular weight is 150 g/mol. The van der Waals surface area contributed by atoms with Crippen LogP contribution in [0.25, 0.3) is 0 Å². The van der Waals surface area contributed by atoms with Gasteiger partial charge < -0.3 is 11.5 Å². The van der Waals surface area contributed by atoms with Crippen molar-refractivity contribution in [3.8, 4) is 0 Å². The third-order valence-electron chi connectivity index (χ3n) is 1.75. The van der Waals surface area contributed by atoms with Crippen LogP contribution >= 0.6 is 0 Å². The second-order valence-corrected chi connectivity index (χ2v) is 2.80. The molecule has 1 aromatic rings. The molecule has 2 atom stereocenters. The van der Waals surface area contributed by atoms with Gasteiger partial charge in [-0.15, -0.1) is 0 Å². The van der Waals surface area contributed by atoms with Gasteiger partial charge in [0.2, 0.25) is 0 Å². The molecule has 1 aromatic carbocycles. The lowest BCUT2D eigenvalue weighted by molar-refractivity contribution is 0.589. The minimum Gasteiger partial charge on any atom is -0.326 e. The first-order valence-electron chi connectivity index (χ1n) is 3.78. The second kappa shape index (κ2) is 3.51. The highest BCUT2D eigenvalue weighted by atomic mass is 14.8. The SMILES string of the molecule is C[C@H](N)C(N)c1ccccc1. The Morgan fingerprint density at radius 2 is 1.64 bits per heavy atom. The quantitative estimate of drug-likeness (QED) is 0.661. The fourth-order valence-electron chi connectivity index (χ4n) is 0.979. The number of benzene rings is 1. The first-order valence-corrected chi connectivity index (χ1v) is 3.78. The van der Waals surface area contributed by atoms with Crippen molar-refractivity contribution < 1.29 is 0 Å². The Bertz CT molecular complexity index is 206. The molecule has 0 aliphatic heterocycles. The predicted molar refractivity (Wildman–Crippen MR) is 47.0 cm³/mol. The zero-order valence-corrected chi connectivity index (χ0v) is 6.70. The van der Waals surface area contributed by atoms with Crippen molar-refractivity contribution in [3.05, 3.63) is 35.9 Å². The molecule has 0 fully saturated rings. The van der Waals surface area contributed by atoms with Gasteiger partial charge in [0.1, 0.15) is 0 Å². The van der Waals surface area contributed by atoms with Gasteiger partial charge in [-0.2, -0.15) is 0 Å². The average Bonchev–Trinajstić information content (AvgIpc) is 2.05. The third kappa shape index (κ3) is 2.03. The molecule has 2 heteroatoms. The topological polar surface area (TPSA) is 52.0 Å². The van der Waals surface area contributed by atoms with Crippen LogP contribution in [0.1, 0.15) is 18.5 Å². The minimum atomic E-state index is -0.0452. The summed E-state index contributed by atoms with van der Waals surface area (Å²) in [5.74, 6) is 0. The maximum atomic E-state index is 5.81. The molecule has 60 valence electrons. The van der Waals surface area contributed by atoms with E-state index in [-0.39, 0.29) is 12.1 Å². The number of rotatable bonds is 2. The van der Waals surface area contributed by atoms with E-state index in [9.17, 15) is 0 Å². The first-order chi connectivity index (χ1) is 5.22. The molecule has 1 unspecified atom stereocenters. The summed E-state index contributed by atoms with van der Waals surface area (Å²) in [5, 5.41) is 0. The largest absolute Gasteiger partial charge is 0.326 e. The van der Waals surface area contributed by atoms with Gasteiger partial charge in [-0.05, 0) is 12.5 Å². The maximum Gasteiger partial charge on any atom is 0.0445 e. The fraction of sp³-hybridized carbons (Fsp3) is 0.333. The van der Waals surface area contributed by atoms with E-state index in [0.717, 1.165) is 5.56 Å². The van der Waals surface area contributed by atoms with Crippen LogP contribution in [0.15, 0.2) is 30.3 Å². The van der Waals surface area contributed by atoms with Gasteiger partial charge in [-0.3, -0.25) is 0 Å². The highest BCUT2D eigenvalue weighted by Gasteiger charge is 2.08. The molecule has 0 amide bonds. The van der Waals surface area contributed by atoms with Gasteiger partial charge >= 0.3 is 0 Å². The molecule has 1 rings (SSSR count). The molecular formula is C9H14N2. The van der Waals surface area contributed by atoms with E-state index in [1.807, 2.05) is 37.3 Å². The van der Waals surface area contributed by atoms with E-state index < -0.39 is 0 Å². The Balaban J connectivity index is 2.77. The van der Waals surface area contributed by atoms with Gasteiger partial charge in [-0.1, -0.05) is 30.3 Å². The highest BCUT2D eigenvalue weighted by Crippen LogP contribution is 2.11. The molecule has 0 radical (unpaired) electrons. The molecular weight excluding hydrogens is 136 g/mol. The van der Waals surface area contributed by atoms with E-state index in [0.29, 0.717) is 0 Å². The van der Waals surface area contributed by atoms with E-state index in [1.165, 1.54) is 0 Å². The summed E-state index contributed by atoms with van der Waals surface area (Å²) < 4.78 is 0. The molecule has 0 aliphatic carbocycles. The molecule has 0 heterocycles. The third-order valence-corrected chi connectivity index (χ3v) is 1.75. The molecule has 0 saturated heterocycles. The van der Waals surface area contributed by atoms with Gasteiger partial charge in [0.15, 0.2) is 0 Å². The molecule has 0 spiro atoms. The van der Waals surface area contributed by atoms with Crippen molar-refractivity contribution >= 4 is 0 Å². The Morgan fingerprint density at radius 1 is 1.09 bits per heavy atom. The molecule has 0 aromatic heterocycles. The van der Waals surface area contributed by atoms with Crippen molar-refractivity contribution in [2.45, 2.75) is 19.0 Å². The summed E-state index contributed by atoms with van der Waals surface area (Å²) >= 11 is 0. The first kappa shape index (κ1) is 8.24. The van der Waals surface area contributed by atoms with E-state index in [4.69, 9.17) is 11.5 Å². The smallest absolute Gasteiger partial charge is 0.0445 e. The number of nitrogens with two attached hydrogens (primary N) is 2. The predicted octanol–water partition coefficient (Wildman–Crippen LogP) is 1.03. The summed E-state index contributed by atoms with van der Waals surface area (Å²) in [6.07, 6.45) is 0. The van der Waals surface area contributed by atoms with E-state index in [2.05, 4.69) is 0 Å². The monoisotopic (exact) mass is 150 g/mol. The van der Waals surface area contributed by atoms with Crippen molar-refractivity contribution in [2.75, 3.05) is 0 Å². The van der Waals surface area contributed by atoms with Crippen LogP contribution in [0, 0.1) is 0 Å². The highest BCUT2D eigenvalue weighted by molar-refractivity contribution is 5.19. The van der Waals surface area contributed by atoms with Crippen molar-refractivity contribution in [3.63, 3.8) is 0 Å². The van der Waals surface area contributed by atoms with Crippen molar-refractivity contribution in [1.29, 1.82) is 0 Å². The molecule has 11 heavy (non-hydrogen) atoms. The normalized spacial score (nSPS) is 15.9. The van der Waals surface area contributed by atoms with E-state index >= 15 is 0 Å². The van der Waals surface area contributed by atoms with E-state index in [1.54, 1.807) is 0 Å². The molecule has 0 aliphatic rings. The summed E-state index contributed by atoms with van der Waals surface area (Å²) in [4.78, 5) is 0. The van der Waals surface area contributed by atoms with Gasteiger partial charge in [0.25, 0.3) is 0 Å². The molecule has 0 bridgehead atoms. The summed E-state index contributed by atoms with van der Waals surface area (Å²) in [5.41, 5.74) is 12.6. The zero-order chi connectivity index (χ0) is 8.27. The lowest BCUT2D eigenvalue weighted by atomic mass is 10.0. The summed E-state index contributed by atoms with van der Waals surface area (Å²) in [7, 11) is 0. The molecule has 4 N–H and O–H groups in total. The van der Waals surface area contributed by atoms with Crippen LogP contribution < -0.4 is 11.5 Å². The number of hydrogen-bond donors (Lipinski definition) is 2. The van der Waals surface area contributed by atoms with Crippen molar-refractivity contribution in [2.24, 2.45) is 11.5 Å². The van der Waals surface area contributed by atoms with Crippen LogP contribution in [-0.4, -0.2) is 6.04 Å². The standard InChI is InChI=1S/C9H14N2/c1-7(10)9(11)8-5-3-2-4-6-8/h2-7,9H,10-11H2,1H3/t7-,9?/m0/s1. The Morgan fingerprint density at radius 3 is 2.09 bits per heavy atom. The van der Waals surface area contributed by atoms with Crippen molar-refractivity contribution in [1.82, 2.24) is 0 Å². The maximum absolute atomic E-state index is 5.81. The molecule has 2 nitrogen and oxygen atoms in total. The summed E-state index contributed by atoms with van der Waals surface area (Å²) in [6, 6.07) is 9.86. The van der Waals surface area contributed by atoms with Gasteiger partial charge in [0, 0.05) is 12.1 Å². The summed E-state index contributed by atoms with van der Waals surface area (Å²) in [6.45, 7) is 1.91. The van der Waals surface area contributed by atoms with Crippen LogP contribution in [0.2, 0.25) is 0 Å². The Hall–Kier alpha value is -0.860. The second-order valence-electron chi connectivity index (χ2n) is 2.80. The number of hydrogen-bond acceptors (Lipinski definition) is 2. The van der Waals surface area contributed by atoms with Gasteiger partial charge in [-0.25, -0.2) is 0 Å². The van der Waals surface area contributed by atoms with Crippen LogP contribution in [0.5, 0.6) is 0 Å².